The van der Waals surface area contributed by atoms with Crippen LogP contribution < -0.4 is 25.0 Å². The fourth-order valence-corrected chi connectivity index (χ4v) is 3.95. The van der Waals surface area contributed by atoms with Crippen LogP contribution in [0.1, 0.15) is 25.0 Å². The molecule has 0 heterocycles. The van der Waals surface area contributed by atoms with E-state index in [2.05, 4.69) is 15.8 Å². The van der Waals surface area contributed by atoms with Gasteiger partial charge in [0, 0.05) is 11.4 Å². The second kappa shape index (κ2) is 15.5. The van der Waals surface area contributed by atoms with Gasteiger partial charge in [-0.15, -0.1) is 0 Å². The van der Waals surface area contributed by atoms with Crippen LogP contribution in [0, 0.1) is 0 Å². The molecule has 0 unspecified atom stereocenters. The fourth-order valence-electron chi connectivity index (χ4n) is 3.50. The van der Waals surface area contributed by atoms with Gasteiger partial charge in [-0.2, -0.15) is 5.10 Å². The van der Waals surface area contributed by atoms with Gasteiger partial charge in [0.05, 0.1) is 25.0 Å². The Morgan fingerprint density at radius 2 is 1.68 bits per heavy atom. The average Bonchev–Trinajstić information content (AvgIpc) is 2.95. The van der Waals surface area contributed by atoms with E-state index in [0.717, 1.165) is 5.56 Å². The summed E-state index contributed by atoms with van der Waals surface area (Å²) in [7, 11) is 1.42. The lowest BCUT2D eigenvalue weighted by Crippen LogP contribution is -2.50. The van der Waals surface area contributed by atoms with Crippen molar-refractivity contribution in [1.29, 1.82) is 0 Å². The summed E-state index contributed by atoms with van der Waals surface area (Å²) in [4.78, 5) is 37.7. The first-order valence-electron chi connectivity index (χ1n) is 12.5. The summed E-state index contributed by atoms with van der Waals surface area (Å²) in [5.41, 5.74) is 3.83. The molecule has 0 bridgehead atoms. The quantitative estimate of drug-likeness (QED) is 0.127. The third-order valence-electron chi connectivity index (χ3n) is 5.51. The number of rotatable bonds is 12. The summed E-state index contributed by atoms with van der Waals surface area (Å²) in [5.74, 6) is -0.379. The van der Waals surface area contributed by atoms with Crippen LogP contribution in [0.3, 0.4) is 0 Å². The second-order valence-corrected chi connectivity index (χ2v) is 9.36. The third kappa shape index (κ3) is 9.70. The molecule has 0 spiro atoms. The van der Waals surface area contributed by atoms with Gasteiger partial charge in [0.15, 0.2) is 17.6 Å². The molecule has 0 radical (unpaired) electrons. The van der Waals surface area contributed by atoms with Crippen LogP contribution in [0.5, 0.6) is 17.2 Å². The lowest BCUT2D eigenvalue weighted by Gasteiger charge is -2.21. The highest BCUT2D eigenvalue weighted by Crippen LogP contribution is 2.29. The van der Waals surface area contributed by atoms with E-state index in [9.17, 15) is 14.4 Å². The smallest absolute Gasteiger partial charge is 0.493 e. The third-order valence-corrected chi connectivity index (χ3v) is 6.04. The Balaban J connectivity index is 1.69. The number of methoxy groups -OCH3 is 1. The van der Waals surface area contributed by atoms with Crippen molar-refractivity contribution >= 4 is 47.4 Å². The van der Waals surface area contributed by atoms with Gasteiger partial charge in [-0.3, -0.25) is 9.59 Å². The summed E-state index contributed by atoms with van der Waals surface area (Å²) >= 11 is 12.1. The van der Waals surface area contributed by atoms with E-state index in [4.69, 9.17) is 42.1 Å². The minimum atomic E-state index is -0.969. The number of hydrazone groups is 1. The van der Waals surface area contributed by atoms with Crippen LogP contribution in [0.15, 0.2) is 71.8 Å². The van der Waals surface area contributed by atoms with Gasteiger partial charge in [0.1, 0.15) is 11.8 Å². The first kappa shape index (κ1) is 31.3. The number of hydrogen-bond acceptors (Lipinski definition) is 8. The highest BCUT2D eigenvalue weighted by atomic mass is 35.5. The lowest BCUT2D eigenvalue weighted by atomic mass is 10.1. The number of carbonyl (C=O) groups is 3. The molecule has 3 aromatic rings. The SMILES string of the molecule is CCOC(=O)Oc1ccc(/C=N\NC(=O)[C@@H](Cc2ccccc2)NC(=O)[C@@H](C)Oc2ccc(Cl)cc2Cl)cc1OC. The minimum Gasteiger partial charge on any atom is -0.493 e. The maximum absolute atomic E-state index is 13.1. The van der Waals surface area contributed by atoms with Crippen molar-refractivity contribution in [1.82, 2.24) is 10.7 Å². The zero-order valence-corrected chi connectivity index (χ0v) is 24.1. The molecular weight excluding hydrogens is 573 g/mol. The van der Waals surface area contributed by atoms with Gasteiger partial charge in [-0.25, -0.2) is 10.2 Å². The molecule has 0 saturated heterocycles. The molecule has 0 aliphatic rings. The van der Waals surface area contributed by atoms with Gasteiger partial charge in [0.25, 0.3) is 11.8 Å². The number of benzene rings is 3. The lowest BCUT2D eigenvalue weighted by molar-refractivity contribution is -0.132. The first-order valence-corrected chi connectivity index (χ1v) is 13.3. The van der Waals surface area contributed by atoms with E-state index in [0.29, 0.717) is 10.6 Å². The predicted molar refractivity (Wildman–Crippen MR) is 155 cm³/mol. The standard InChI is InChI=1S/C29H29Cl2N3O7/c1-4-39-29(37)41-25-12-10-20(15-26(25)38-3)17-32-34-28(36)23(14-19-8-6-5-7-9-19)33-27(35)18(2)40-24-13-11-21(30)16-22(24)31/h5-13,15-18,23H,4,14H2,1-3H3,(H,33,35)(H,34,36)/b32-17-/t18-,23-/m1/s1. The number of halogens is 2. The molecule has 2 N–H and O–H groups in total. The van der Waals surface area contributed by atoms with Gasteiger partial charge >= 0.3 is 6.16 Å². The van der Waals surface area contributed by atoms with E-state index in [1.807, 2.05) is 30.3 Å². The van der Waals surface area contributed by atoms with Gasteiger partial charge in [-0.1, -0.05) is 53.5 Å². The molecule has 10 nitrogen and oxygen atoms in total. The number of amides is 2. The summed E-state index contributed by atoms with van der Waals surface area (Å²) in [6.07, 6.45) is -0.242. The molecule has 216 valence electrons. The van der Waals surface area contributed by atoms with Crippen molar-refractivity contribution in [3.05, 3.63) is 87.9 Å². The predicted octanol–water partition coefficient (Wildman–Crippen LogP) is 5.18. The summed E-state index contributed by atoms with van der Waals surface area (Å²) in [6.45, 7) is 3.37. The Morgan fingerprint density at radius 1 is 0.951 bits per heavy atom. The molecule has 3 aromatic carbocycles. The number of carbonyl (C=O) groups excluding carboxylic acids is 3. The maximum Gasteiger partial charge on any atom is 0.513 e. The van der Waals surface area contributed by atoms with Crippen molar-refractivity contribution in [2.24, 2.45) is 5.10 Å². The average molecular weight is 602 g/mol. The molecular formula is C29H29Cl2N3O7. The number of ether oxygens (including phenoxy) is 4. The Labute approximate surface area is 247 Å². The van der Waals surface area contributed by atoms with E-state index in [-0.39, 0.29) is 35.3 Å². The molecule has 3 rings (SSSR count). The van der Waals surface area contributed by atoms with E-state index in [1.54, 1.807) is 38.1 Å². The second-order valence-electron chi connectivity index (χ2n) is 8.52. The fraction of sp³-hybridized carbons (Fsp3) is 0.241. The zero-order chi connectivity index (χ0) is 29.8. The minimum absolute atomic E-state index is 0.161. The zero-order valence-electron chi connectivity index (χ0n) is 22.6. The topological polar surface area (TPSA) is 125 Å². The summed E-state index contributed by atoms with van der Waals surface area (Å²) in [6, 6.07) is 17.6. The van der Waals surface area contributed by atoms with Crippen molar-refractivity contribution in [2.45, 2.75) is 32.4 Å². The van der Waals surface area contributed by atoms with Crippen LogP contribution in [0.2, 0.25) is 10.0 Å². The molecule has 0 aromatic heterocycles. The Bertz CT molecular complexity index is 1390. The first-order chi connectivity index (χ1) is 19.7. The van der Waals surface area contributed by atoms with Crippen molar-refractivity contribution < 1.29 is 33.3 Å². The number of hydrogen-bond donors (Lipinski definition) is 2. The largest absolute Gasteiger partial charge is 0.513 e. The van der Waals surface area contributed by atoms with E-state index >= 15 is 0 Å². The van der Waals surface area contributed by atoms with E-state index in [1.165, 1.54) is 25.5 Å². The van der Waals surface area contributed by atoms with E-state index < -0.39 is 30.1 Å². The molecule has 2 amide bonds. The van der Waals surface area contributed by atoms with Crippen molar-refractivity contribution in [3.8, 4) is 17.2 Å². The summed E-state index contributed by atoms with van der Waals surface area (Å²) < 4.78 is 20.8. The van der Waals surface area contributed by atoms with Crippen LogP contribution >= 0.6 is 23.2 Å². The molecule has 0 fully saturated rings. The number of nitrogens with zero attached hydrogens (tertiary/aromatic N) is 1. The Kier molecular flexibility index (Phi) is 11.8. The monoisotopic (exact) mass is 601 g/mol. The highest BCUT2D eigenvalue weighted by Gasteiger charge is 2.25. The van der Waals surface area contributed by atoms with Crippen molar-refractivity contribution in [2.75, 3.05) is 13.7 Å². The van der Waals surface area contributed by atoms with Gasteiger partial charge in [-0.05, 0) is 61.4 Å². The normalized spacial score (nSPS) is 12.2. The molecule has 41 heavy (non-hydrogen) atoms. The van der Waals surface area contributed by atoms with Crippen LogP contribution in [0.25, 0.3) is 0 Å². The molecule has 12 heteroatoms. The van der Waals surface area contributed by atoms with Crippen molar-refractivity contribution in [3.63, 3.8) is 0 Å². The van der Waals surface area contributed by atoms with Gasteiger partial charge < -0.3 is 24.3 Å². The molecule has 0 aliphatic carbocycles. The van der Waals surface area contributed by atoms with Crippen LogP contribution in [-0.4, -0.2) is 50.0 Å². The molecule has 0 saturated carbocycles. The summed E-state index contributed by atoms with van der Waals surface area (Å²) in [5, 5.41) is 7.42. The highest BCUT2D eigenvalue weighted by molar-refractivity contribution is 6.35. The Morgan fingerprint density at radius 3 is 2.37 bits per heavy atom. The van der Waals surface area contributed by atoms with Crippen LogP contribution in [-0.2, 0) is 20.7 Å². The van der Waals surface area contributed by atoms with Gasteiger partial charge in [0.2, 0.25) is 0 Å². The number of nitrogens with one attached hydrogen (secondary N) is 2. The molecule has 0 aliphatic heterocycles. The Hall–Kier alpha value is -4.28. The maximum atomic E-state index is 13.1. The molecule has 2 atom stereocenters. The van der Waals surface area contributed by atoms with Crippen LogP contribution in [0.4, 0.5) is 4.79 Å².